The molecule has 0 saturated carbocycles. The number of hydrogen-bond acceptors (Lipinski definition) is 4. The van der Waals surface area contributed by atoms with Crippen molar-refractivity contribution in [2.24, 2.45) is 0 Å². The number of ether oxygens (including phenoxy) is 2. The minimum atomic E-state index is 0.0625. The number of likely N-dealkylation sites (tertiary alicyclic amines) is 1. The van der Waals surface area contributed by atoms with Gasteiger partial charge in [-0.25, -0.2) is 0 Å². The van der Waals surface area contributed by atoms with Gasteiger partial charge < -0.3 is 14.4 Å². The average Bonchev–Trinajstić information content (AvgIpc) is 2.72. The van der Waals surface area contributed by atoms with Gasteiger partial charge in [0.1, 0.15) is 5.75 Å². The van der Waals surface area contributed by atoms with Crippen LogP contribution in [0.25, 0.3) is 11.1 Å². The first kappa shape index (κ1) is 18.4. The van der Waals surface area contributed by atoms with Crippen molar-refractivity contribution >= 4 is 5.91 Å². The average molecular weight is 354 g/mol. The summed E-state index contributed by atoms with van der Waals surface area (Å²) >= 11 is 0. The number of methoxy groups -OCH3 is 1. The van der Waals surface area contributed by atoms with E-state index in [0.717, 1.165) is 43.5 Å². The summed E-state index contributed by atoms with van der Waals surface area (Å²) in [6.45, 7) is 4.31. The lowest BCUT2D eigenvalue weighted by Crippen LogP contribution is -2.43. The summed E-state index contributed by atoms with van der Waals surface area (Å²) in [7, 11) is 1.62. The van der Waals surface area contributed by atoms with Gasteiger partial charge in [-0.2, -0.15) is 0 Å². The molecule has 0 unspecified atom stereocenters. The Bertz CT molecular complexity index is 748. The number of hydrogen-bond donors (Lipinski definition) is 0. The first-order chi connectivity index (χ1) is 12.7. The molecule has 1 aromatic carbocycles. The monoisotopic (exact) mass is 354 g/mol. The maximum absolute atomic E-state index is 13.0. The third-order valence-electron chi connectivity index (χ3n) is 4.61. The molecule has 2 heterocycles. The molecule has 1 aliphatic heterocycles. The van der Waals surface area contributed by atoms with E-state index in [1.165, 1.54) is 0 Å². The fourth-order valence-corrected chi connectivity index (χ4v) is 3.25. The van der Waals surface area contributed by atoms with E-state index in [4.69, 9.17) is 9.47 Å². The molecule has 0 bridgehead atoms. The molecule has 5 nitrogen and oxygen atoms in total. The topological polar surface area (TPSA) is 51.7 Å². The second-order valence-corrected chi connectivity index (χ2v) is 6.58. The number of carbonyl (C=O) groups is 1. The van der Waals surface area contributed by atoms with Crippen LogP contribution in [0.5, 0.6) is 5.75 Å². The molecule has 26 heavy (non-hydrogen) atoms. The molecular formula is C21H26N2O3. The molecule has 2 aromatic rings. The molecule has 1 amide bonds. The maximum atomic E-state index is 13.0. The van der Waals surface area contributed by atoms with Gasteiger partial charge in [-0.05, 0) is 43.0 Å². The number of pyridine rings is 1. The van der Waals surface area contributed by atoms with Crippen molar-refractivity contribution in [2.45, 2.75) is 32.3 Å². The lowest BCUT2D eigenvalue weighted by atomic mass is 10.0. The Morgan fingerprint density at radius 3 is 2.96 bits per heavy atom. The molecule has 1 atom stereocenters. The van der Waals surface area contributed by atoms with E-state index in [1.807, 2.05) is 35.2 Å². The highest BCUT2D eigenvalue weighted by atomic mass is 16.5. The van der Waals surface area contributed by atoms with Crippen molar-refractivity contribution in [2.75, 3.05) is 26.8 Å². The quantitative estimate of drug-likeness (QED) is 0.792. The molecule has 1 aromatic heterocycles. The van der Waals surface area contributed by atoms with E-state index in [-0.39, 0.29) is 12.0 Å². The SMILES string of the molecule is CCCO[C@H]1CCCN(C(=O)c2cccc(-c3cncc(OC)c3)c2)C1. The van der Waals surface area contributed by atoms with Crippen LogP contribution in [0.4, 0.5) is 0 Å². The highest BCUT2D eigenvalue weighted by Gasteiger charge is 2.25. The van der Waals surface area contributed by atoms with Gasteiger partial charge >= 0.3 is 0 Å². The van der Waals surface area contributed by atoms with Crippen LogP contribution in [-0.2, 0) is 4.74 Å². The summed E-state index contributed by atoms with van der Waals surface area (Å²) < 4.78 is 11.1. The van der Waals surface area contributed by atoms with Gasteiger partial charge in [-0.1, -0.05) is 19.1 Å². The minimum Gasteiger partial charge on any atom is -0.495 e. The molecule has 0 radical (unpaired) electrons. The van der Waals surface area contributed by atoms with Crippen LogP contribution in [0.1, 0.15) is 36.5 Å². The third-order valence-corrected chi connectivity index (χ3v) is 4.61. The Morgan fingerprint density at radius 2 is 2.15 bits per heavy atom. The van der Waals surface area contributed by atoms with Crippen molar-refractivity contribution < 1.29 is 14.3 Å². The Kier molecular flexibility index (Phi) is 6.23. The van der Waals surface area contributed by atoms with Gasteiger partial charge in [0.05, 0.1) is 19.4 Å². The minimum absolute atomic E-state index is 0.0625. The van der Waals surface area contributed by atoms with Crippen LogP contribution in [0.2, 0.25) is 0 Å². The maximum Gasteiger partial charge on any atom is 0.253 e. The van der Waals surface area contributed by atoms with Crippen LogP contribution in [-0.4, -0.2) is 48.7 Å². The summed E-state index contributed by atoms with van der Waals surface area (Å²) in [6, 6.07) is 9.62. The molecule has 3 rings (SSSR count). The van der Waals surface area contributed by atoms with Crippen molar-refractivity contribution in [1.29, 1.82) is 0 Å². The summed E-state index contributed by atoms with van der Waals surface area (Å²) in [5.41, 5.74) is 2.58. The van der Waals surface area contributed by atoms with Crippen LogP contribution in [0, 0.1) is 0 Å². The number of rotatable bonds is 6. The molecular weight excluding hydrogens is 328 g/mol. The normalized spacial score (nSPS) is 17.2. The Balaban J connectivity index is 1.75. The van der Waals surface area contributed by atoms with Crippen molar-refractivity contribution in [3.63, 3.8) is 0 Å². The highest BCUT2D eigenvalue weighted by Crippen LogP contribution is 2.24. The fourth-order valence-electron chi connectivity index (χ4n) is 3.25. The van der Waals surface area contributed by atoms with E-state index in [2.05, 4.69) is 11.9 Å². The van der Waals surface area contributed by atoms with E-state index >= 15 is 0 Å². The Morgan fingerprint density at radius 1 is 1.27 bits per heavy atom. The van der Waals surface area contributed by atoms with E-state index in [9.17, 15) is 4.79 Å². The molecule has 1 fully saturated rings. The van der Waals surface area contributed by atoms with E-state index in [0.29, 0.717) is 17.9 Å². The Labute approximate surface area is 155 Å². The molecule has 1 saturated heterocycles. The largest absolute Gasteiger partial charge is 0.495 e. The highest BCUT2D eigenvalue weighted by molar-refractivity contribution is 5.95. The van der Waals surface area contributed by atoms with Gasteiger partial charge in [0.25, 0.3) is 5.91 Å². The summed E-state index contributed by atoms with van der Waals surface area (Å²) in [5, 5.41) is 0. The number of nitrogens with zero attached hydrogens (tertiary/aromatic N) is 2. The van der Waals surface area contributed by atoms with Gasteiger partial charge in [0, 0.05) is 37.0 Å². The first-order valence-electron chi connectivity index (χ1n) is 9.21. The smallest absolute Gasteiger partial charge is 0.253 e. The molecule has 5 heteroatoms. The van der Waals surface area contributed by atoms with Crippen LogP contribution < -0.4 is 4.74 Å². The molecule has 0 N–H and O–H groups in total. The zero-order valence-electron chi connectivity index (χ0n) is 15.5. The van der Waals surface area contributed by atoms with Crippen LogP contribution >= 0.6 is 0 Å². The lowest BCUT2D eigenvalue weighted by Gasteiger charge is -2.32. The number of piperidine rings is 1. The third kappa shape index (κ3) is 4.41. The van der Waals surface area contributed by atoms with Crippen molar-refractivity contribution in [3.05, 3.63) is 48.3 Å². The van der Waals surface area contributed by atoms with E-state index < -0.39 is 0 Å². The number of aromatic nitrogens is 1. The van der Waals surface area contributed by atoms with Gasteiger partial charge in [0.15, 0.2) is 0 Å². The predicted molar refractivity (Wildman–Crippen MR) is 101 cm³/mol. The van der Waals surface area contributed by atoms with Crippen molar-refractivity contribution in [3.8, 4) is 16.9 Å². The summed E-state index contributed by atoms with van der Waals surface area (Å²) in [4.78, 5) is 19.1. The number of amides is 1. The van der Waals surface area contributed by atoms with Gasteiger partial charge in [0.2, 0.25) is 0 Å². The Hall–Kier alpha value is -2.40. The van der Waals surface area contributed by atoms with Crippen LogP contribution in [0.15, 0.2) is 42.7 Å². The first-order valence-corrected chi connectivity index (χ1v) is 9.21. The molecule has 138 valence electrons. The zero-order chi connectivity index (χ0) is 18.4. The molecule has 0 aliphatic carbocycles. The van der Waals surface area contributed by atoms with E-state index in [1.54, 1.807) is 19.5 Å². The second kappa shape index (κ2) is 8.81. The number of benzene rings is 1. The predicted octanol–water partition coefficient (Wildman–Crippen LogP) is 3.79. The van der Waals surface area contributed by atoms with Gasteiger partial charge in [-0.15, -0.1) is 0 Å². The van der Waals surface area contributed by atoms with Gasteiger partial charge in [-0.3, -0.25) is 9.78 Å². The molecule has 1 aliphatic rings. The second-order valence-electron chi connectivity index (χ2n) is 6.58. The summed E-state index contributed by atoms with van der Waals surface area (Å²) in [5.74, 6) is 0.763. The summed E-state index contributed by atoms with van der Waals surface area (Å²) in [6.07, 6.45) is 6.61. The number of carbonyl (C=O) groups excluding carboxylic acids is 1. The van der Waals surface area contributed by atoms with Crippen molar-refractivity contribution in [1.82, 2.24) is 9.88 Å². The molecule has 0 spiro atoms. The zero-order valence-corrected chi connectivity index (χ0v) is 15.5. The lowest BCUT2D eigenvalue weighted by molar-refractivity contribution is 0.00211. The standard InChI is InChI=1S/C21H26N2O3/c1-3-10-26-19-8-5-9-23(15-19)21(24)17-7-4-6-16(11-17)18-12-20(25-2)14-22-13-18/h4,6-7,11-14,19H,3,5,8-10,15H2,1-2H3/t19-/m0/s1. The van der Waals surface area contributed by atoms with Crippen LogP contribution in [0.3, 0.4) is 0 Å². The fraction of sp³-hybridized carbons (Fsp3) is 0.429.